The molecule has 1 heterocycles. The lowest BCUT2D eigenvalue weighted by Gasteiger charge is -2.51. The largest absolute Gasteiger partial charge is 0.497 e. The summed E-state index contributed by atoms with van der Waals surface area (Å²) in [5.41, 5.74) is 4.79. The first-order chi connectivity index (χ1) is 9.60. The van der Waals surface area contributed by atoms with Crippen LogP contribution >= 0.6 is 0 Å². The Labute approximate surface area is 122 Å². The van der Waals surface area contributed by atoms with Crippen LogP contribution in [0.3, 0.4) is 0 Å². The van der Waals surface area contributed by atoms with Gasteiger partial charge in [-0.1, -0.05) is 26.0 Å². The standard InChI is InChI=1S/C18H25NO/c1-5-6-15-17-11-13-7-8-14(20-4)12-16(13)18(15,2)9-10-19(17)3/h6-8,12,17H,5,9-11H2,1-4H3/b15-6+. The van der Waals surface area contributed by atoms with Crippen LogP contribution in [0.25, 0.3) is 0 Å². The number of piperidine rings is 1. The maximum absolute atomic E-state index is 5.45. The molecule has 0 radical (unpaired) electrons. The molecule has 2 atom stereocenters. The second kappa shape index (κ2) is 4.92. The highest BCUT2D eigenvalue weighted by atomic mass is 16.5. The topological polar surface area (TPSA) is 12.5 Å². The summed E-state index contributed by atoms with van der Waals surface area (Å²) in [5.74, 6) is 0.984. The van der Waals surface area contributed by atoms with Crippen LogP contribution in [0, 0.1) is 0 Å². The molecule has 1 fully saturated rings. The van der Waals surface area contributed by atoms with Crippen molar-refractivity contribution in [1.82, 2.24) is 4.90 Å². The summed E-state index contributed by atoms with van der Waals surface area (Å²) >= 11 is 0. The third-order valence-electron chi connectivity index (χ3n) is 5.24. The molecule has 20 heavy (non-hydrogen) atoms. The second-order valence-electron chi connectivity index (χ2n) is 6.37. The normalized spacial score (nSPS) is 31.2. The highest BCUT2D eigenvalue weighted by Crippen LogP contribution is 2.48. The molecule has 2 aliphatic rings. The van der Waals surface area contributed by atoms with Crippen molar-refractivity contribution in [2.75, 3.05) is 20.7 Å². The Morgan fingerprint density at radius 3 is 2.95 bits per heavy atom. The molecule has 0 spiro atoms. The zero-order valence-electron chi connectivity index (χ0n) is 13.1. The fourth-order valence-electron chi connectivity index (χ4n) is 4.02. The molecule has 0 amide bonds. The molecule has 0 aromatic heterocycles. The average Bonchev–Trinajstić information content (AvgIpc) is 2.46. The van der Waals surface area contributed by atoms with E-state index in [0.717, 1.165) is 18.6 Å². The number of likely N-dealkylation sites (tertiary alicyclic amines) is 1. The van der Waals surface area contributed by atoms with E-state index in [9.17, 15) is 0 Å². The van der Waals surface area contributed by atoms with Crippen molar-refractivity contribution >= 4 is 0 Å². The molecule has 3 rings (SSSR count). The highest BCUT2D eigenvalue weighted by molar-refractivity contribution is 5.51. The fourth-order valence-corrected chi connectivity index (χ4v) is 4.02. The van der Waals surface area contributed by atoms with Crippen LogP contribution < -0.4 is 4.74 Å². The Morgan fingerprint density at radius 2 is 2.25 bits per heavy atom. The maximum Gasteiger partial charge on any atom is 0.119 e. The molecule has 108 valence electrons. The molecular formula is C18H25NO. The van der Waals surface area contributed by atoms with Crippen LogP contribution in [-0.4, -0.2) is 31.6 Å². The Kier molecular flexibility index (Phi) is 3.37. The van der Waals surface area contributed by atoms with Gasteiger partial charge in [0.2, 0.25) is 0 Å². The van der Waals surface area contributed by atoms with Crippen LogP contribution in [-0.2, 0) is 11.8 Å². The highest BCUT2D eigenvalue weighted by Gasteiger charge is 2.45. The Balaban J connectivity index is 2.17. The van der Waals surface area contributed by atoms with Gasteiger partial charge < -0.3 is 4.74 Å². The maximum atomic E-state index is 5.45. The molecule has 0 saturated carbocycles. The molecule has 1 aromatic rings. The summed E-state index contributed by atoms with van der Waals surface area (Å²) in [7, 11) is 4.02. The third-order valence-corrected chi connectivity index (χ3v) is 5.24. The number of likely N-dealkylation sites (N-methyl/N-ethyl adjacent to an activating group) is 1. The fraction of sp³-hybridized carbons (Fsp3) is 0.556. The van der Waals surface area contributed by atoms with Gasteiger partial charge in [0.15, 0.2) is 0 Å². The zero-order valence-corrected chi connectivity index (χ0v) is 13.1. The number of nitrogens with zero attached hydrogens (tertiary/aromatic N) is 1. The van der Waals surface area contributed by atoms with Crippen molar-refractivity contribution in [2.45, 2.75) is 44.6 Å². The summed E-state index contributed by atoms with van der Waals surface area (Å²) in [5, 5.41) is 0. The number of ether oxygens (including phenoxy) is 1. The summed E-state index contributed by atoms with van der Waals surface area (Å²) in [6.07, 6.45) is 5.92. The van der Waals surface area contributed by atoms with E-state index in [1.165, 1.54) is 24.1 Å². The number of methoxy groups -OCH3 is 1. The van der Waals surface area contributed by atoms with Crippen molar-refractivity contribution in [3.8, 4) is 5.75 Å². The average molecular weight is 271 g/mol. The molecular weight excluding hydrogens is 246 g/mol. The second-order valence-corrected chi connectivity index (χ2v) is 6.37. The number of allylic oxidation sites excluding steroid dienone is 1. The van der Waals surface area contributed by atoms with Gasteiger partial charge in [-0.25, -0.2) is 0 Å². The summed E-state index contributed by atoms with van der Waals surface area (Å²) in [6, 6.07) is 7.21. The number of benzene rings is 1. The Morgan fingerprint density at radius 1 is 1.45 bits per heavy atom. The van der Waals surface area contributed by atoms with Crippen LogP contribution in [0.4, 0.5) is 0 Å². The summed E-state index contributed by atoms with van der Waals surface area (Å²) in [4.78, 5) is 2.52. The lowest BCUT2D eigenvalue weighted by molar-refractivity contribution is 0.175. The molecule has 2 nitrogen and oxygen atoms in total. The predicted molar refractivity (Wildman–Crippen MR) is 83.5 cm³/mol. The summed E-state index contributed by atoms with van der Waals surface area (Å²) < 4.78 is 5.45. The van der Waals surface area contributed by atoms with Gasteiger partial charge in [-0.3, -0.25) is 4.90 Å². The van der Waals surface area contributed by atoms with Crippen LogP contribution in [0.15, 0.2) is 29.8 Å². The predicted octanol–water partition coefficient (Wildman–Crippen LogP) is 3.55. The molecule has 0 N–H and O–H groups in total. The van der Waals surface area contributed by atoms with E-state index < -0.39 is 0 Å². The minimum Gasteiger partial charge on any atom is -0.497 e. The Hall–Kier alpha value is -1.28. The lowest BCUT2D eigenvalue weighted by Crippen LogP contribution is -2.52. The van der Waals surface area contributed by atoms with Crippen LogP contribution in [0.2, 0.25) is 0 Å². The van der Waals surface area contributed by atoms with Crippen molar-refractivity contribution in [2.24, 2.45) is 0 Å². The molecule has 1 aromatic carbocycles. The first-order valence-electron chi connectivity index (χ1n) is 7.68. The first kappa shape index (κ1) is 13.7. The van der Waals surface area contributed by atoms with Crippen molar-refractivity contribution in [3.05, 3.63) is 41.0 Å². The zero-order chi connectivity index (χ0) is 14.3. The van der Waals surface area contributed by atoms with E-state index in [1.807, 2.05) is 0 Å². The smallest absolute Gasteiger partial charge is 0.119 e. The van der Waals surface area contributed by atoms with Gasteiger partial charge in [0.1, 0.15) is 5.75 Å². The van der Waals surface area contributed by atoms with Crippen molar-refractivity contribution in [3.63, 3.8) is 0 Å². The first-order valence-corrected chi connectivity index (χ1v) is 7.68. The number of hydrogen-bond donors (Lipinski definition) is 0. The van der Waals surface area contributed by atoms with E-state index in [2.05, 4.69) is 50.1 Å². The minimum atomic E-state index is 0.190. The van der Waals surface area contributed by atoms with Gasteiger partial charge in [0.25, 0.3) is 0 Å². The van der Waals surface area contributed by atoms with Gasteiger partial charge >= 0.3 is 0 Å². The summed E-state index contributed by atoms with van der Waals surface area (Å²) in [6.45, 7) is 5.85. The van der Waals surface area contributed by atoms with E-state index >= 15 is 0 Å². The van der Waals surface area contributed by atoms with Gasteiger partial charge in [0, 0.05) is 11.5 Å². The SMILES string of the molecule is CC/C=C1\C2Cc3ccc(OC)cc3C1(C)CCN2C. The lowest BCUT2D eigenvalue weighted by atomic mass is 9.61. The Bertz CT molecular complexity index is 548. The number of hydrogen-bond acceptors (Lipinski definition) is 2. The molecule has 1 aliphatic heterocycles. The van der Waals surface area contributed by atoms with Gasteiger partial charge in [-0.2, -0.15) is 0 Å². The van der Waals surface area contributed by atoms with Gasteiger partial charge in [-0.05, 0) is 61.7 Å². The van der Waals surface area contributed by atoms with E-state index in [1.54, 1.807) is 12.7 Å². The molecule has 2 heteroatoms. The third kappa shape index (κ3) is 1.89. The van der Waals surface area contributed by atoms with Gasteiger partial charge in [0.05, 0.1) is 7.11 Å². The quantitative estimate of drug-likeness (QED) is 0.763. The van der Waals surface area contributed by atoms with E-state index in [-0.39, 0.29) is 5.41 Å². The number of rotatable bonds is 2. The molecule has 2 bridgehead atoms. The van der Waals surface area contributed by atoms with Crippen molar-refractivity contribution in [1.29, 1.82) is 0 Å². The minimum absolute atomic E-state index is 0.190. The van der Waals surface area contributed by atoms with Gasteiger partial charge in [-0.15, -0.1) is 0 Å². The van der Waals surface area contributed by atoms with E-state index in [0.29, 0.717) is 6.04 Å². The number of fused-ring (bicyclic) bond motifs is 4. The molecule has 2 unspecified atom stereocenters. The van der Waals surface area contributed by atoms with Crippen LogP contribution in [0.1, 0.15) is 37.8 Å². The molecule has 1 saturated heterocycles. The monoisotopic (exact) mass is 271 g/mol. The van der Waals surface area contributed by atoms with Crippen molar-refractivity contribution < 1.29 is 4.74 Å². The van der Waals surface area contributed by atoms with E-state index in [4.69, 9.17) is 4.74 Å². The molecule has 1 aliphatic carbocycles. The van der Waals surface area contributed by atoms with Crippen LogP contribution in [0.5, 0.6) is 5.75 Å².